The molecule has 0 unspecified atom stereocenters. The van der Waals surface area contributed by atoms with Crippen LogP contribution in [0.25, 0.3) is 0 Å². The fourth-order valence-corrected chi connectivity index (χ4v) is 10.4. The Labute approximate surface area is 374 Å². The van der Waals surface area contributed by atoms with Crippen molar-refractivity contribution in [1.29, 1.82) is 0 Å². The van der Waals surface area contributed by atoms with E-state index in [0.29, 0.717) is 12.8 Å². The molecule has 0 radical (unpaired) electrons. The van der Waals surface area contributed by atoms with Gasteiger partial charge in [-0.25, -0.2) is 0 Å². The fraction of sp³-hybridized carbons (Fsp3) is 0.980. The van der Waals surface area contributed by atoms with Crippen molar-refractivity contribution in [3.63, 3.8) is 0 Å². The number of hydrogen-bond acceptors (Lipinski definition) is 9. The molecule has 1 aliphatic heterocycles. The first-order valence-electron chi connectivity index (χ1n) is 25.4. The molecule has 0 bridgehead atoms. The summed E-state index contributed by atoms with van der Waals surface area (Å²) >= 11 is 0.810. The van der Waals surface area contributed by atoms with Crippen LogP contribution in [0.3, 0.4) is 0 Å². The number of unbranched alkanes of at least 4 members (excludes halogenated alkanes) is 29. The Bertz CT molecular complexity index is 933. The molecule has 10 nitrogen and oxygen atoms in total. The predicted molar refractivity (Wildman–Crippen MR) is 247 cm³/mol. The van der Waals surface area contributed by atoms with Gasteiger partial charge in [0.25, 0.3) is 0 Å². The van der Waals surface area contributed by atoms with Gasteiger partial charge in [0.2, 0.25) is 0 Å². The van der Waals surface area contributed by atoms with Crippen LogP contribution in [0.5, 0.6) is 0 Å². The van der Waals surface area contributed by atoms with Gasteiger partial charge in [0.1, 0.15) is 30.5 Å². The van der Waals surface area contributed by atoms with Crippen LogP contribution in [-0.4, -0.2) is 114 Å². The summed E-state index contributed by atoms with van der Waals surface area (Å²) in [6.07, 6.45) is 31.5. The second-order valence-corrected chi connectivity index (χ2v) is 20.6. The summed E-state index contributed by atoms with van der Waals surface area (Å²) in [6, 6.07) is -0.983. The Kier molecular flexibility index (Phi) is 39.8. The number of nitrogens with one attached hydrogen (secondary N) is 1. The average molecular weight is 923 g/mol. The Hall–Kier alpha value is -0.331. The van der Waals surface area contributed by atoms with Crippen molar-refractivity contribution in [2.24, 2.45) is 0 Å². The molecule has 1 amide bonds. The summed E-state index contributed by atoms with van der Waals surface area (Å²) in [6.45, 7) is 3.63. The molecule has 8 atom stereocenters. The van der Waals surface area contributed by atoms with E-state index in [1.165, 1.54) is 178 Å². The van der Waals surface area contributed by atoms with E-state index >= 15 is 0 Å². The molecular weight excluding hydrogens is 825 g/mol. The van der Waals surface area contributed by atoms with E-state index in [0.717, 1.165) is 53.5 Å². The SMILES string of the molecule is CCCCCCCCCCCCCC[Se]CCCCCCCCCCC(=O)N[C@@H](CO[C@H]1O[C@H](CO)[C@H](O)[C@H](O)[C@H]1O)[C@H](O)[C@H](O)CCCCCCCCCCCCCC. The molecule has 358 valence electrons. The summed E-state index contributed by atoms with van der Waals surface area (Å²) in [5, 5.41) is 68.1. The molecule has 1 fully saturated rings. The maximum absolute atomic E-state index is 13.0. The van der Waals surface area contributed by atoms with Gasteiger partial charge in [-0.1, -0.05) is 97.3 Å². The number of hydrogen-bond donors (Lipinski definition) is 7. The van der Waals surface area contributed by atoms with Gasteiger partial charge in [-0.2, -0.15) is 0 Å². The molecule has 0 aliphatic carbocycles. The smallest absolute Gasteiger partial charge is 0.394 e. The topological polar surface area (TPSA) is 169 Å². The molecule has 0 aromatic rings. The van der Waals surface area contributed by atoms with Gasteiger partial charge in [0, 0.05) is 0 Å². The van der Waals surface area contributed by atoms with Gasteiger partial charge >= 0.3 is 170 Å². The molecule has 11 heteroatoms. The monoisotopic (exact) mass is 924 g/mol. The summed E-state index contributed by atoms with van der Waals surface area (Å²) in [5.41, 5.74) is 0. The molecule has 1 saturated heterocycles. The minimum absolute atomic E-state index is 0.251. The van der Waals surface area contributed by atoms with E-state index in [2.05, 4.69) is 19.2 Å². The van der Waals surface area contributed by atoms with Gasteiger partial charge < -0.3 is 40.1 Å². The first kappa shape index (κ1) is 57.7. The maximum atomic E-state index is 13.0. The second kappa shape index (κ2) is 41.4. The first-order valence-corrected chi connectivity index (χ1v) is 27.8. The minimum atomic E-state index is -1.60. The zero-order chi connectivity index (χ0) is 43.9. The first-order chi connectivity index (χ1) is 29.3. The third kappa shape index (κ3) is 30.7. The molecule has 0 spiro atoms. The molecular formula is C49H97NO9Se. The summed E-state index contributed by atoms with van der Waals surface area (Å²) < 4.78 is 11.2. The third-order valence-corrected chi connectivity index (χ3v) is 14.8. The van der Waals surface area contributed by atoms with Crippen LogP contribution in [0, 0.1) is 0 Å². The van der Waals surface area contributed by atoms with Crippen molar-refractivity contribution < 1.29 is 44.9 Å². The number of amides is 1. The Morgan fingerprint density at radius 2 is 0.967 bits per heavy atom. The molecule has 7 N–H and O–H groups in total. The van der Waals surface area contributed by atoms with Crippen LogP contribution >= 0.6 is 0 Å². The number of rotatable bonds is 44. The number of carbonyl (C=O) groups excluding carboxylic acids is 1. The van der Waals surface area contributed by atoms with Crippen LogP contribution in [0.1, 0.15) is 232 Å². The van der Waals surface area contributed by atoms with Crippen LogP contribution in [-0.2, 0) is 14.3 Å². The standard InChI is InChI=1S/C49H97NO9Se/c1-3-5-7-9-11-13-15-17-19-23-27-31-35-42(52)45(54)41(40-58-49-48(57)47(56)46(55)43(39-51)59-49)50-44(53)36-32-28-24-20-22-26-30-34-38-60-37-33-29-25-21-18-16-14-12-10-8-6-4-2/h41-43,45-49,51-52,54-57H,3-40H2,1-2H3,(H,50,53)/t41-,42+,43+,45-,46-,47-,48+,49-/m0/s1. The van der Waals surface area contributed by atoms with Crippen LogP contribution in [0.4, 0.5) is 0 Å². The van der Waals surface area contributed by atoms with E-state index in [1.807, 2.05) is 0 Å². The van der Waals surface area contributed by atoms with Gasteiger partial charge in [-0.05, 0) is 6.42 Å². The van der Waals surface area contributed by atoms with Gasteiger partial charge in [0.15, 0.2) is 6.29 Å². The van der Waals surface area contributed by atoms with Gasteiger partial charge in [-0.15, -0.1) is 0 Å². The van der Waals surface area contributed by atoms with Crippen LogP contribution < -0.4 is 5.32 Å². The van der Waals surface area contributed by atoms with Crippen molar-refractivity contribution in [3.05, 3.63) is 0 Å². The van der Waals surface area contributed by atoms with Gasteiger partial charge in [0.05, 0.1) is 25.4 Å². The molecule has 0 aromatic heterocycles. The summed E-state index contributed by atoms with van der Waals surface area (Å²) in [7, 11) is 0. The van der Waals surface area contributed by atoms with Crippen molar-refractivity contribution in [3.8, 4) is 0 Å². The molecule has 0 saturated carbocycles. The fourth-order valence-electron chi connectivity index (χ4n) is 8.24. The van der Waals surface area contributed by atoms with E-state index < -0.39 is 55.6 Å². The Balaban J connectivity index is 2.26. The molecule has 1 heterocycles. The number of carbonyl (C=O) groups is 1. The molecule has 1 rings (SSSR count). The Morgan fingerprint density at radius 3 is 1.40 bits per heavy atom. The number of aliphatic hydroxyl groups is 6. The van der Waals surface area contributed by atoms with Crippen LogP contribution in [0.15, 0.2) is 0 Å². The average Bonchev–Trinajstić information content (AvgIpc) is 3.25. The predicted octanol–water partition coefficient (Wildman–Crippen LogP) is 9.85. The van der Waals surface area contributed by atoms with Crippen LogP contribution in [0.2, 0.25) is 10.6 Å². The third-order valence-electron chi connectivity index (χ3n) is 12.4. The van der Waals surface area contributed by atoms with E-state index in [4.69, 9.17) is 9.47 Å². The normalized spacial score (nSPS) is 21.0. The number of aliphatic hydroxyl groups excluding tert-OH is 6. The van der Waals surface area contributed by atoms with E-state index in [-0.39, 0.29) is 12.5 Å². The minimum Gasteiger partial charge on any atom is -0.394 e. The summed E-state index contributed by atoms with van der Waals surface area (Å²) in [5.74, 6) is -0.251. The van der Waals surface area contributed by atoms with E-state index in [1.54, 1.807) is 0 Å². The molecule has 60 heavy (non-hydrogen) atoms. The zero-order valence-electron chi connectivity index (χ0n) is 38.8. The van der Waals surface area contributed by atoms with Crippen molar-refractivity contribution >= 4 is 20.9 Å². The Morgan fingerprint density at radius 1 is 0.567 bits per heavy atom. The number of ether oxygens (including phenoxy) is 2. The summed E-state index contributed by atoms with van der Waals surface area (Å²) in [4.78, 5) is 13.0. The van der Waals surface area contributed by atoms with Crippen molar-refractivity contribution in [2.75, 3.05) is 13.2 Å². The molecule has 0 aromatic carbocycles. The van der Waals surface area contributed by atoms with Gasteiger partial charge in [-0.3, -0.25) is 0 Å². The van der Waals surface area contributed by atoms with Crippen molar-refractivity contribution in [2.45, 2.75) is 292 Å². The van der Waals surface area contributed by atoms with Crippen molar-refractivity contribution in [1.82, 2.24) is 5.32 Å². The second-order valence-electron chi connectivity index (χ2n) is 18.0. The molecule has 1 aliphatic rings. The zero-order valence-corrected chi connectivity index (χ0v) is 40.5. The quantitative estimate of drug-likeness (QED) is 0.0232. The van der Waals surface area contributed by atoms with E-state index in [9.17, 15) is 35.4 Å².